The Morgan fingerprint density at radius 3 is 2.19 bits per heavy atom. The molecule has 0 unspecified atom stereocenters. The molecule has 122 valence electrons. The van der Waals surface area contributed by atoms with Gasteiger partial charge in [0.25, 0.3) is 0 Å². The van der Waals surface area contributed by atoms with Crippen molar-refractivity contribution in [2.45, 2.75) is 58.3 Å². The highest BCUT2D eigenvalue weighted by Crippen LogP contribution is 2.07. The van der Waals surface area contributed by atoms with Crippen LogP contribution in [0.1, 0.15) is 58.3 Å². The Hall–Kier alpha value is -1.52. The van der Waals surface area contributed by atoms with Crippen LogP contribution in [0.25, 0.3) is 0 Å². The van der Waals surface area contributed by atoms with Crippen LogP contribution in [0.2, 0.25) is 0 Å². The van der Waals surface area contributed by atoms with E-state index in [0.29, 0.717) is 6.54 Å². The standard InChI is InChI=1S/C16H30N2O3/c1-3-5-6-7-8-9-10-11-12-17-16(21)18(13-4-2)14-15(19)20/h4H,2-3,5-14H2,1H3,(H,17,21)(H,19,20). The largest absolute Gasteiger partial charge is 0.480 e. The van der Waals surface area contributed by atoms with E-state index in [4.69, 9.17) is 5.11 Å². The number of nitrogens with zero attached hydrogens (tertiary/aromatic N) is 1. The van der Waals surface area contributed by atoms with Crippen LogP contribution in [-0.4, -0.2) is 41.6 Å². The van der Waals surface area contributed by atoms with Gasteiger partial charge in [-0.05, 0) is 6.42 Å². The smallest absolute Gasteiger partial charge is 0.323 e. The van der Waals surface area contributed by atoms with Crippen LogP contribution in [0, 0.1) is 0 Å². The number of hydrogen-bond acceptors (Lipinski definition) is 2. The summed E-state index contributed by atoms with van der Waals surface area (Å²) in [4.78, 5) is 23.7. The SMILES string of the molecule is C=CCN(CC(=O)O)C(=O)NCCCCCCCCCC. The molecule has 0 aromatic heterocycles. The van der Waals surface area contributed by atoms with Gasteiger partial charge in [-0.15, -0.1) is 6.58 Å². The van der Waals surface area contributed by atoms with Crippen molar-refractivity contribution in [1.82, 2.24) is 10.2 Å². The molecule has 2 N–H and O–H groups in total. The van der Waals surface area contributed by atoms with Gasteiger partial charge in [0, 0.05) is 13.1 Å². The Labute approximate surface area is 128 Å². The van der Waals surface area contributed by atoms with Crippen molar-refractivity contribution in [3.05, 3.63) is 12.7 Å². The van der Waals surface area contributed by atoms with Crippen LogP contribution in [0.3, 0.4) is 0 Å². The van der Waals surface area contributed by atoms with Gasteiger partial charge in [0.1, 0.15) is 6.54 Å². The number of rotatable bonds is 13. The van der Waals surface area contributed by atoms with E-state index in [1.807, 2.05) is 0 Å². The van der Waals surface area contributed by atoms with E-state index in [1.54, 1.807) is 0 Å². The topological polar surface area (TPSA) is 69.6 Å². The Bertz CT molecular complexity index is 306. The zero-order valence-electron chi connectivity index (χ0n) is 13.3. The van der Waals surface area contributed by atoms with Gasteiger partial charge in [-0.3, -0.25) is 4.79 Å². The second-order valence-corrected chi connectivity index (χ2v) is 5.27. The maximum absolute atomic E-state index is 11.8. The first-order chi connectivity index (χ1) is 10.1. The van der Waals surface area contributed by atoms with Crippen molar-refractivity contribution < 1.29 is 14.7 Å². The fraction of sp³-hybridized carbons (Fsp3) is 0.750. The number of unbranched alkanes of at least 4 members (excludes halogenated alkanes) is 7. The minimum absolute atomic E-state index is 0.246. The van der Waals surface area contributed by atoms with Crippen LogP contribution < -0.4 is 5.32 Å². The summed E-state index contributed by atoms with van der Waals surface area (Å²) in [6.45, 7) is 6.29. The van der Waals surface area contributed by atoms with Gasteiger partial charge in [-0.1, -0.05) is 57.9 Å². The number of carboxylic acid groups (broad SMARTS) is 1. The molecule has 0 aromatic carbocycles. The zero-order chi connectivity index (χ0) is 15.9. The van der Waals surface area contributed by atoms with Gasteiger partial charge < -0.3 is 15.3 Å². The van der Waals surface area contributed by atoms with Crippen LogP contribution in [0.4, 0.5) is 4.79 Å². The molecule has 0 aliphatic rings. The van der Waals surface area contributed by atoms with E-state index in [1.165, 1.54) is 49.5 Å². The highest BCUT2D eigenvalue weighted by molar-refractivity contribution is 5.80. The molecule has 5 nitrogen and oxygen atoms in total. The number of carboxylic acids is 1. The molecule has 0 aromatic rings. The third-order valence-electron chi connectivity index (χ3n) is 3.27. The van der Waals surface area contributed by atoms with Gasteiger partial charge >= 0.3 is 12.0 Å². The number of aliphatic carboxylic acids is 1. The van der Waals surface area contributed by atoms with Gasteiger partial charge in [0.05, 0.1) is 0 Å². The lowest BCUT2D eigenvalue weighted by molar-refractivity contribution is -0.137. The number of amides is 2. The Morgan fingerprint density at radius 1 is 1.10 bits per heavy atom. The number of nitrogens with one attached hydrogen (secondary N) is 1. The van der Waals surface area contributed by atoms with Gasteiger partial charge in [0.15, 0.2) is 0 Å². The molecular formula is C16H30N2O3. The predicted octanol–water partition coefficient (Wildman–Crippen LogP) is 3.41. The number of carbonyl (C=O) groups is 2. The monoisotopic (exact) mass is 298 g/mol. The molecule has 0 spiro atoms. The average Bonchev–Trinajstić information content (AvgIpc) is 2.44. The Balaban J connectivity index is 3.62. The molecule has 0 aliphatic carbocycles. The summed E-state index contributed by atoms with van der Waals surface area (Å²) < 4.78 is 0. The van der Waals surface area contributed by atoms with Crippen LogP contribution in [0.5, 0.6) is 0 Å². The maximum Gasteiger partial charge on any atom is 0.323 e. The summed E-state index contributed by atoms with van der Waals surface area (Å²) in [6, 6.07) is -0.333. The number of urea groups is 1. The third-order valence-corrected chi connectivity index (χ3v) is 3.27. The quantitative estimate of drug-likeness (QED) is 0.404. The molecule has 0 saturated heterocycles. The van der Waals surface area contributed by atoms with E-state index in [9.17, 15) is 9.59 Å². The maximum atomic E-state index is 11.8. The van der Waals surface area contributed by atoms with Crippen molar-refractivity contribution in [3.63, 3.8) is 0 Å². The fourth-order valence-corrected chi connectivity index (χ4v) is 2.10. The minimum atomic E-state index is -1.01. The molecule has 0 heterocycles. The zero-order valence-corrected chi connectivity index (χ0v) is 13.3. The molecule has 5 heteroatoms. The summed E-state index contributed by atoms with van der Waals surface area (Å²) in [5, 5.41) is 11.5. The molecule has 21 heavy (non-hydrogen) atoms. The first-order valence-electron chi connectivity index (χ1n) is 7.97. The molecule has 0 atom stereocenters. The summed E-state index contributed by atoms with van der Waals surface area (Å²) >= 11 is 0. The molecular weight excluding hydrogens is 268 g/mol. The highest BCUT2D eigenvalue weighted by Gasteiger charge is 2.14. The van der Waals surface area contributed by atoms with E-state index in [2.05, 4.69) is 18.8 Å². The predicted molar refractivity (Wildman–Crippen MR) is 85.4 cm³/mol. The highest BCUT2D eigenvalue weighted by atomic mass is 16.4. The molecule has 0 rings (SSSR count). The lowest BCUT2D eigenvalue weighted by atomic mass is 10.1. The second-order valence-electron chi connectivity index (χ2n) is 5.27. The fourth-order valence-electron chi connectivity index (χ4n) is 2.10. The van der Waals surface area contributed by atoms with E-state index in [-0.39, 0.29) is 19.1 Å². The first-order valence-corrected chi connectivity index (χ1v) is 7.97. The van der Waals surface area contributed by atoms with E-state index in [0.717, 1.165) is 12.8 Å². The second kappa shape index (κ2) is 13.5. The lowest BCUT2D eigenvalue weighted by Crippen LogP contribution is -2.43. The first kappa shape index (κ1) is 19.5. The van der Waals surface area contributed by atoms with Crippen LogP contribution in [0.15, 0.2) is 12.7 Å². The Morgan fingerprint density at radius 2 is 1.67 bits per heavy atom. The molecule has 0 saturated carbocycles. The van der Waals surface area contributed by atoms with Crippen molar-refractivity contribution in [2.75, 3.05) is 19.6 Å². The third kappa shape index (κ3) is 12.0. The van der Waals surface area contributed by atoms with Crippen molar-refractivity contribution in [1.29, 1.82) is 0 Å². The van der Waals surface area contributed by atoms with Crippen LogP contribution in [-0.2, 0) is 4.79 Å². The number of hydrogen-bond donors (Lipinski definition) is 2. The normalized spacial score (nSPS) is 10.1. The lowest BCUT2D eigenvalue weighted by Gasteiger charge is -2.19. The van der Waals surface area contributed by atoms with E-state index < -0.39 is 5.97 Å². The van der Waals surface area contributed by atoms with Gasteiger partial charge in [0.2, 0.25) is 0 Å². The van der Waals surface area contributed by atoms with Gasteiger partial charge in [-0.2, -0.15) is 0 Å². The van der Waals surface area contributed by atoms with Crippen molar-refractivity contribution >= 4 is 12.0 Å². The molecule has 0 aliphatic heterocycles. The molecule has 0 radical (unpaired) electrons. The minimum Gasteiger partial charge on any atom is -0.480 e. The summed E-state index contributed by atoms with van der Waals surface area (Å²) in [7, 11) is 0. The molecule has 2 amide bonds. The Kier molecular flexibility index (Phi) is 12.5. The van der Waals surface area contributed by atoms with Crippen molar-refractivity contribution in [2.24, 2.45) is 0 Å². The van der Waals surface area contributed by atoms with Crippen LogP contribution >= 0.6 is 0 Å². The van der Waals surface area contributed by atoms with E-state index >= 15 is 0 Å². The molecule has 0 bridgehead atoms. The number of carbonyl (C=O) groups excluding carboxylic acids is 1. The summed E-state index contributed by atoms with van der Waals surface area (Å²) in [5.41, 5.74) is 0. The molecule has 0 fully saturated rings. The van der Waals surface area contributed by atoms with Crippen molar-refractivity contribution in [3.8, 4) is 0 Å². The summed E-state index contributed by atoms with van der Waals surface area (Å²) in [5.74, 6) is -1.01. The summed E-state index contributed by atoms with van der Waals surface area (Å²) in [6.07, 6.45) is 11.2. The average molecular weight is 298 g/mol. The van der Waals surface area contributed by atoms with Gasteiger partial charge in [-0.25, -0.2) is 4.79 Å².